The fourth-order valence-corrected chi connectivity index (χ4v) is 4.99. The Balaban J connectivity index is 1.83. The highest BCUT2D eigenvalue weighted by atomic mass is 32.2. The topological polar surface area (TPSA) is 57.7 Å². The minimum absolute atomic E-state index is 0.0354. The van der Waals surface area contributed by atoms with Crippen molar-refractivity contribution in [1.29, 1.82) is 0 Å². The number of carbonyl (C=O) groups excluding carboxylic acids is 1. The fraction of sp³-hybridized carbons (Fsp3) is 0.136. The number of para-hydroxylation sites is 1. The molecule has 0 aliphatic carbocycles. The van der Waals surface area contributed by atoms with Gasteiger partial charge >= 0.3 is 6.03 Å². The van der Waals surface area contributed by atoms with Crippen LogP contribution in [0.4, 0.5) is 25.0 Å². The SMILES string of the molecule is CCc1ccc(N2C(=O)N(Cc3ccc(F)c(F)c3)c3ccccc3S2(=O)=O)cc1. The number of hydrogen-bond donors (Lipinski definition) is 0. The van der Waals surface area contributed by atoms with E-state index in [1.807, 2.05) is 6.92 Å². The highest BCUT2D eigenvalue weighted by Crippen LogP contribution is 2.38. The van der Waals surface area contributed by atoms with E-state index in [0.29, 0.717) is 5.56 Å². The Morgan fingerprint density at radius 3 is 2.20 bits per heavy atom. The van der Waals surface area contributed by atoms with E-state index in [1.165, 1.54) is 23.1 Å². The number of benzene rings is 3. The molecule has 0 unspecified atom stereocenters. The Morgan fingerprint density at radius 2 is 1.53 bits per heavy atom. The van der Waals surface area contributed by atoms with E-state index in [-0.39, 0.29) is 22.8 Å². The van der Waals surface area contributed by atoms with E-state index in [2.05, 4.69) is 0 Å². The summed E-state index contributed by atoms with van der Waals surface area (Å²) in [6.45, 7) is 1.85. The summed E-state index contributed by atoms with van der Waals surface area (Å²) in [5.41, 5.74) is 1.73. The van der Waals surface area contributed by atoms with E-state index < -0.39 is 27.7 Å². The normalized spacial score (nSPS) is 15.2. The fourth-order valence-electron chi connectivity index (χ4n) is 3.40. The molecule has 1 heterocycles. The van der Waals surface area contributed by atoms with Gasteiger partial charge in [-0.1, -0.05) is 37.3 Å². The summed E-state index contributed by atoms with van der Waals surface area (Å²) in [4.78, 5) is 14.5. The number of hydrogen-bond acceptors (Lipinski definition) is 3. The molecule has 0 atom stereocenters. The molecule has 3 aromatic rings. The van der Waals surface area contributed by atoms with E-state index in [1.54, 1.807) is 36.4 Å². The molecule has 2 amide bonds. The first-order valence-corrected chi connectivity index (χ1v) is 10.8. The molecule has 3 aromatic carbocycles. The number of urea groups is 1. The van der Waals surface area contributed by atoms with E-state index >= 15 is 0 Å². The van der Waals surface area contributed by atoms with Crippen LogP contribution in [0.15, 0.2) is 71.6 Å². The van der Waals surface area contributed by atoms with Crippen molar-refractivity contribution >= 4 is 27.4 Å². The van der Waals surface area contributed by atoms with Crippen molar-refractivity contribution in [2.75, 3.05) is 9.21 Å². The van der Waals surface area contributed by atoms with Gasteiger partial charge in [0.05, 0.1) is 17.9 Å². The molecule has 8 heteroatoms. The van der Waals surface area contributed by atoms with Crippen LogP contribution in [-0.2, 0) is 23.0 Å². The van der Waals surface area contributed by atoms with Crippen LogP contribution in [0.25, 0.3) is 0 Å². The van der Waals surface area contributed by atoms with Crippen molar-refractivity contribution < 1.29 is 22.0 Å². The summed E-state index contributed by atoms with van der Waals surface area (Å²) >= 11 is 0. The average Bonchev–Trinajstić information content (AvgIpc) is 2.74. The lowest BCUT2D eigenvalue weighted by Crippen LogP contribution is -2.50. The maximum atomic E-state index is 13.7. The van der Waals surface area contributed by atoms with Gasteiger partial charge in [0.2, 0.25) is 0 Å². The largest absolute Gasteiger partial charge is 0.343 e. The van der Waals surface area contributed by atoms with Crippen LogP contribution in [0.2, 0.25) is 0 Å². The Hall–Kier alpha value is -3.26. The van der Waals surface area contributed by atoms with E-state index in [0.717, 1.165) is 28.4 Å². The van der Waals surface area contributed by atoms with Gasteiger partial charge < -0.3 is 0 Å². The highest BCUT2D eigenvalue weighted by molar-refractivity contribution is 7.94. The summed E-state index contributed by atoms with van der Waals surface area (Å²) in [6, 6.07) is 15.3. The molecular weight excluding hydrogens is 410 g/mol. The molecule has 5 nitrogen and oxygen atoms in total. The molecule has 1 aliphatic rings. The van der Waals surface area contributed by atoms with Crippen LogP contribution in [0.3, 0.4) is 0 Å². The number of sulfonamides is 1. The molecule has 0 spiro atoms. The lowest BCUT2D eigenvalue weighted by molar-refractivity contribution is 0.253. The number of anilines is 2. The van der Waals surface area contributed by atoms with Gasteiger partial charge in [0.25, 0.3) is 10.0 Å². The number of fused-ring (bicyclic) bond motifs is 1. The van der Waals surface area contributed by atoms with Gasteiger partial charge in [-0.25, -0.2) is 22.0 Å². The first-order valence-electron chi connectivity index (χ1n) is 9.31. The van der Waals surface area contributed by atoms with Crippen LogP contribution in [0, 0.1) is 11.6 Å². The number of halogens is 2. The van der Waals surface area contributed by atoms with Crippen LogP contribution < -0.4 is 9.21 Å². The van der Waals surface area contributed by atoms with Crippen molar-refractivity contribution in [3.63, 3.8) is 0 Å². The highest BCUT2D eigenvalue weighted by Gasteiger charge is 2.42. The van der Waals surface area contributed by atoms with Gasteiger partial charge in [-0.05, 0) is 53.9 Å². The summed E-state index contributed by atoms with van der Waals surface area (Å²) < 4.78 is 54.2. The quantitative estimate of drug-likeness (QED) is 0.596. The molecule has 0 fully saturated rings. The lowest BCUT2D eigenvalue weighted by atomic mass is 10.1. The minimum Gasteiger partial charge on any atom is -0.287 e. The van der Waals surface area contributed by atoms with E-state index in [9.17, 15) is 22.0 Å². The summed E-state index contributed by atoms with van der Waals surface area (Å²) in [5.74, 6) is -2.03. The molecule has 0 aromatic heterocycles. The second-order valence-electron chi connectivity index (χ2n) is 6.87. The van der Waals surface area contributed by atoms with Crippen LogP contribution in [0.5, 0.6) is 0 Å². The molecular formula is C22H18F2N2O3S. The molecule has 4 rings (SSSR count). The Labute approximate surface area is 173 Å². The molecule has 0 bridgehead atoms. The van der Waals surface area contributed by atoms with Crippen LogP contribution in [-0.4, -0.2) is 14.4 Å². The Kier molecular flexibility index (Phi) is 5.03. The monoisotopic (exact) mass is 428 g/mol. The molecule has 0 N–H and O–H groups in total. The maximum absolute atomic E-state index is 13.7. The second kappa shape index (κ2) is 7.53. The maximum Gasteiger partial charge on any atom is 0.343 e. The zero-order valence-electron chi connectivity index (χ0n) is 16.0. The van der Waals surface area contributed by atoms with Gasteiger partial charge in [-0.2, -0.15) is 4.31 Å². The predicted molar refractivity (Wildman–Crippen MR) is 110 cm³/mol. The predicted octanol–water partition coefficient (Wildman–Crippen LogP) is 4.86. The molecule has 0 radical (unpaired) electrons. The number of amides is 2. The molecule has 154 valence electrons. The van der Waals surface area contributed by atoms with Gasteiger partial charge in [-0.15, -0.1) is 0 Å². The average molecular weight is 428 g/mol. The van der Waals surface area contributed by atoms with Crippen molar-refractivity contribution in [3.8, 4) is 0 Å². The number of carbonyl (C=O) groups is 1. The number of rotatable bonds is 4. The van der Waals surface area contributed by atoms with Crippen molar-refractivity contribution in [1.82, 2.24) is 0 Å². The molecule has 30 heavy (non-hydrogen) atoms. The summed E-state index contributed by atoms with van der Waals surface area (Å²) in [7, 11) is -4.14. The summed E-state index contributed by atoms with van der Waals surface area (Å²) in [6.07, 6.45) is 0.770. The third-order valence-corrected chi connectivity index (χ3v) is 6.73. The summed E-state index contributed by atoms with van der Waals surface area (Å²) in [5, 5.41) is 0. The molecule has 1 aliphatic heterocycles. The van der Waals surface area contributed by atoms with Gasteiger partial charge in [0.15, 0.2) is 11.6 Å². The van der Waals surface area contributed by atoms with Gasteiger partial charge in [0, 0.05) is 0 Å². The zero-order valence-corrected chi connectivity index (χ0v) is 16.9. The van der Waals surface area contributed by atoms with E-state index in [4.69, 9.17) is 0 Å². The first kappa shape index (κ1) is 20.0. The van der Waals surface area contributed by atoms with Crippen LogP contribution in [0.1, 0.15) is 18.1 Å². The first-order chi connectivity index (χ1) is 14.3. The molecule has 0 saturated heterocycles. The standard InChI is InChI=1S/C22H18F2N2O3S/c1-2-15-7-10-17(11-8-15)26-22(27)25(14-16-9-12-18(23)19(24)13-16)20-5-3-4-6-21(20)30(26,28)29/h3-13H,2,14H2,1H3. The van der Waals surface area contributed by atoms with Crippen molar-refractivity contribution in [3.05, 3.63) is 89.5 Å². The Morgan fingerprint density at radius 1 is 0.867 bits per heavy atom. The molecule has 0 saturated carbocycles. The van der Waals surface area contributed by atoms with Gasteiger partial charge in [0.1, 0.15) is 4.90 Å². The lowest BCUT2D eigenvalue weighted by Gasteiger charge is -2.36. The van der Waals surface area contributed by atoms with Gasteiger partial charge in [-0.3, -0.25) is 4.90 Å². The Bertz CT molecular complexity index is 1230. The third-order valence-electron chi connectivity index (χ3n) is 4.98. The third kappa shape index (κ3) is 3.33. The van der Waals surface area contributed by atoms with Crippen LogP contribution >= 0.6 is 0 Å². The number of nitrogens with zero attached hydrogens (tertiary/aromatic N) is 2. The second-order valence-corrected chi connectivity index (χ2v) is 8.63. The minimum atomic E-state index is -4.14. The van der Waals surface area contributed by atoms with Crippen molar-refractivity contribution in [2.45, 2.75) is 24.8 Å². The van der Waals surface area contributed by atoms with Crippen molar-refractivity contribution in [2.24, 2.45) is 0 Å². The smallest absolute Gasteiger partial charge is 0.287 e. The number of aryl methyl sites for hydroxylation is 1. The zero-order chi connectivity index (χ0) is 21.5.